The Morgan fingerprint density at radius 3 is 2.05 bits per heavy atom. The van der Waals surface area contributed by atoms with Crippen LogP contribution in [0.2, 0.25) is 0 Å². The zero-order valence-electron chi connectivity index (χ0n) is 15.3. The van der Waals surface area contributed by atoms with Gasteiger partial charge in [-0.1, -0.05) is 13.8 Å². The number of likely N-dealkylation sites (tertiary alicyclic amines) is 1. The minimum absolute atomic E-state index is 0.206. The molecule has 0 aromatic carbocycles. The summed E-state index contributed by atoms with van der Waals surface area (Å²) in [5.74, 6) is 0. The van der Waals surface area contributed by atoms with Gasteiger partial charge < -0.3 is 15.0 Å². The van der Waals surface area contributed by atoms with E-state index < -0.39 is 0 Å². The van der Waals surface area contributed by atoms with Crippen LogP contribution in [0.15, 0.2) is 0 Å². The SMILES string of the molecule is CCOC1CCN(CC(CC)(CC)CNC(C)(C)C)CC1. The molecule has 0 aromatic rings. The van der Waals surface area contributed by atoms with Crippen LogP contribution < -0.4 is 5.32 Å². The second kappa shape index (κ2) is 8.50. The molecule has 0 bridgehead atoms. The van der Waals surface area contributed by atoms with Crippen molar-refractivity contribution in [1.82, 2.24) is 10.2 Å². The number of hydrogen-bond donors (Lipinski definition) is 1. The van der Waals surface area contributed by atoms with Gasteiger partial charge in [0.15, 0.2) is 0 Å². The maximum Gasteiger partial charge on any atom is 0.0599 e. The van der Waals surface area contributed by atoms with E-state index >= 15 is 0 Å². The summed E-state index contributed by atoms with van der Waals surface area (Å²) in [6.07, 6.45) is 5.39. The van der Waals surface area contributed by atoms with Crippen LogP contribution in [0.5, 0.6) is 0 Å². The standard InChI is InChI=1S/C18H38N2O/c1-7-18(8-2,14-19-17(4,5)6)15-20-12-10-16(11-13-20)21-9-3/h16,19H,7-15H2,1-6H3. The zero-order chi connectivity index (χ0) is 15.9. The minimum Gasteiger partial charge on any atom is -0.378 e. The molecule has 0 saturated carbocycles. The molecule has 21 heavy (non-hydrogen) atoms. The molecular weight excluding hydrogens is 260 g/mol. The molecule has 1 saturated heterocycles. The first-order chi connectivity index (χ1) is 9.84. The predicted octanol–water partition coefficient (Wildman–Crippen LogP) is 3.68. The first-order valence-corrected chi connectivity index (χ1v) is 8.93. The van der Waals surface area contributed by atoms with Crippen molar-refractivity contribution >= 4 is 0 Å². The fraction of sp³-hybridized carbons (Fsp3) is 1.00. The Bertz CT molecular complexity index is 273. The molecule has 126 valence electrons. The van der Waals surface area contributed by atoms with Gasteiger partial charge in [0.05, 0.1) is 6.10 Å². The van der Waals surface area contributed by atoms with Crippen molar-refractivity contribution in [3.05, 3.63) is 0 Å². The van der Waals surface area contributed by atoms with Crippen molar-refractivity contribution in [2.45, 2.75) is 78.9 Å². The van der Waals surface area contributed by atoms with Crippen molar-refractivity contribution in [3.8, 4) is 0 Å². The van der Waals surface area contributed by atoms with E-state index in [1.807, 2.05) is 0 Å². The summed E-state index contributed by atoms with van der Waals surface area (Å²) in [4.78, 5) is 2.66. The highest BCUT2D eigenvalue weighted by molar-refractivity contribution is 4.87. The maximum absolute atomic E-state index is 5.77. The number of hydrogen-bond acceptors (Lipinski definition) is 3. The Morgan fingerprint density at radius 1 is 1.05 bits per heavy atom. The number of piperidine rings is 1. The van der Waals surface area contributed by atoms with E-state index in [9.17, 15) is 0 Å². The highest BCUT2D eigenvalue weighted by atomic mass is 16.5. The van der Waals surface area contributed by atoms with E-state index in [0.717, 1.165) is 13.2 Å². The normalized spacial score (nSPS) is 19.1. The minimum atomic E-state index is 0.206. The summed E-state index contributed by atoms with van der Waals surface area (Å²) in [6, 6.07) is 0. The first-order valence-electron chi connectivity index (χ1n) is 8.93. The van der Waals surface area contributed by atoms with Gasteiger partial charge >= 0.3 is 0 Å². The Hall–Kier alpha value is -0.120. The van der Waals surface area contributed by atoms with E-state index in [-0.39, 0.29) is 5.54 Å². The Labute approximate surface area is 132 Å². The van der Waals surface area contributed by atoms with Crippen molar-refractivity contribution in [2.75, 3.05) is 32.8 Å². The first kappa shape index (κ1) is 18.9. The molecule has 3 nitrogen and oxygen atoms in total. The van der Waals surface area contributed by atoms with Crippen LogP contribution in [-0.4, -0.2) is 49.3 Å². The molecule has 0 spiro atoms. The fourth-order valence-corrected chi connectivity index (χ4v) is 3.18. The molecule has 0 atom stereocenters. The van der Waals surface area contributed by atoms with E-state index in [0.29, 0.717) is 11.5 Å². The molecule has 1 heterocycles. The number of ether oxygens (including phenoxy) is 1. The van der Waals surface area contributed by atoms with Gasteiger partial charge in [0.25, 0.3) is 0 Å². The van der Waals surface area contributed by atoms with Gasteiger partial charge in [0, 0.05) is 38.3 Å². The zero-order valence-corrected chi connectivity index (χ0v) is 15.3. The third kappa shape index (κ3) is 6.66. The van der Waals surface area contributed by atoms with E-state index in [1.165, 1.54) is 45.3 Å². The topological polar surface area (TPSA) is 24.5 Å². The molecule has 1 rings (SSSR count). The van der Waals surface area contributed by atoms with Crippen molar-refractivity contribution in [2.24, 2.45) is 5.41 Å². The average molecular weight is 299 g/mol. The molecule has 1 aliphatic heterocycles. The average Bonchev–Trinajstić information content (AvgIpc) is 2.45. The molecule has 0 amide bonds. The van der Waals surface area contributed by atoms with Gasteiger partial charge in [-0.05, 0) is 58.8 Å². The summed E-state index contributed by atoms with van der Waals surface area (Å²) in [7, 11) is 0. The molecular formula is C18H38N2O. The van der Waals surface area contributed by atoms with E-state index in [4.69, 9.17) is 4.74 Å². The summed E-state index contributed by atoms with van der Waals surface area (Å²) in [5.41, 5.74) is 0.614. The van der Waals surface area contributed by atoms with Gasteiger partial charge in [-0.15, -0.1) is 0 Å². The second-order valence-corrected chi connectivity index (χ2v) is 7.74. The van der Waals surface area contributed by atoms with Crippen molar-refractivity contribution in [3.63, 3.8) is 0 Å². The van der Waals surface area contributed by atoms with E-state index in [2.05, 4.69) is 51.8 Å². The lowest BCUT2D eigenvalue weighted by Crippen LogP contribution is -2.50. The Kier molecular flexibility index (Phi) is 7.66. The monoisotopic (exact) mass is 298 g/mol. The Morgan fingerprint density at radius 2 is 1.62 bits per heavy atom. The van der Waals surface area contributed by atoms with Crippen molar-refractivity contribution in [1.29, 1.82) is 0 Å². The number of rotatable bonds is 8. The van der Waals surface area contributed by atoms with Crippen LogP contribution in [0, 0.1) is 5.41 Å². The highest BCUT2D eigenvalue weighted by Gasteiger charge is 2.31. The number of nitrogens with zero attached hydrogens (tertiary/aromatic N) is 1. The van der Waals surface area contributed by atoms with Gasteiger partial charge in [-0.3, -0.25) is 0 Å². The van der Waals surface area contributed by atoms with Crippen LogP contribution in [0.3, 0.4) is 0 Å². The number of nitrogens with one attached hydrogen (secondary N) is 1. The van der Waals surface area contributed by atoms with Crippen LogP contribution in [0.4, 0.5) is 0 Å². The third-order valence-corrected chi connectivity index (χ3v) is 4.99. The summed E-state index contributed by atoms with van der Waals surface area (Å²) in [5, 5.41) is 3.73. The molecule has 0 unspecified atom stereocenters. The smallest absolute Gasteiger partial charge is 0.0599 e. The largest absolute Gasteiger partial charge is 0.378 e. The van der Waals surface area contributed by atoms with Crippen molar-refractivity contribution < 1.29 is 4.74 Å². The lowest BCUT2D eigenvalue weighted by Gasteiger charge is -2.41. The summed E-state index contributed by atoms with van der Waals surface area (Å²) in [6.45, 7) is 19.2. The van der Waals surface area contributed by atoms with Crippen LogP contribution in [-0.2, 0) is 4.74 Å². The summed E-state index contributed by atoms with van der Waals surface area (Å²) >= 11 is 0. The molecule has 0 aliphatic carbocycles. The van der Waals surface area contributed by atoms with Crippen LogP contribution in [0.1, 0.15) is 67.2 Å². The lowest BCUT2D eigenvalue weighted by atomic mass is 9.80. The fourth-order valence-electron chi connectivity index (χ4n) is 3.18. The second-order valence-electron chi connectivity index (χ2n) is 7.74. The van der Waals surface area contributed by atoms with Gasteiger partial charge in [0.1, 0.15) is 0 Å². The predicted molar refractivity (Wildman–Crippen MR) is 91.9 cm³/mol. The van der Waals surface area contributed by atoms with Crippen LogP contribution in [0.25, 0.3) is 0 Å². The molecule has 0 aromatic heterocycles. The molecule has 3 heteroatoms. The molecule has 1 aliphatic rings. The van der Waals surface area contributed by atoms with Gasteiger partial charge in [-0.2, -0.15) is 0 Å². The summed E-state index contributed by atoms with van der Waals surface area (Å²) < 4.78 is 5.77. The quantitative estimate of drug-likeness (QED) is 0.740. The lowest BCUT2D eigenvalue weighted by molar-refractivity contribution is 0.00223. The molecule has 1 N–H and O–H groups in total. The molecule has 1 fully saturated rings. The van der Waals surface area contributed by atoms with Gasteiger partial charge in [0.2, 0.25) is 0 Å². The highest BCUT2D eigenvalue weighted by Crippen LogP contribution is 2.29. The van der Waals surface area contributed by atoms with Gasteiger partial charge in [-0.25, -0.2) is 0 Å². The van der Waals surface area contributed by atoms with Crippen LogP contribution >= 0.6 is 0 Å². The van der Waals surface area contributed by atoms with E-state index in [1.54, 1.807) is 0 Å². The maximum atomic E-state index is 5.77. The molecule has 0 radical (unpaired) electrons. The Balaban J connectivity index is 2.50. The third-order valence-electron chi connectivity index (χ3n) is 4.99.